The molecule has 0 saturated carbocycles. The van der Waals surface area contributed by atoms with Gasteiger partial charge in [0.1, 0.15) is 5.75 Å². The van der Waals surface area contributed by atoms with E-state index in [9.17, 15) is 9.59 Å². The average molecular weight is 380 g/mol. The number of carbonyl (C=O) groups is 2. The predicted molar refractivity (Wildman–Crippen MR) is 111 cm³/mol. The number of hydrogen-bond acceptors (Lipinski definition) is 3. The van der Waals surface area contributed by atoms with Crippen LogP contribution in [0.25, 0.3) is 0 Å². The lowest BCUT2D eigenvalue weighted by Gasteiger charge is -2.23. The van der Waals surface area contributed by atoms with Gasteiger partial charge in [0.15, 0.2) is 0 Å². The largest absolute Gasteiger partial charge is 0.497 e. The van der Waals surface area contributed by atoms with Crippen molar-refractivity contribution in [3.63, 3.8) is 0 Å². The van der Waals surface area contributed by atoms with Crippen molar-refractivity contribution in [2.45, 2.75) is 52.1 Å². The van der Waals surface area contributed by atoms with Crippen LogP contribution in [-0.2, 0) is 17.8 Å². The van der Waals surface area contributed by atoms with Crippen molar-refractivity contribution in [1.29, 1.82) is 0 Å². The molecule has 0 aromatic heterocycles. The molecule has 0 fully saturated rings. The lowest BCUT2D eigenvalue weighted by molar-refractivity contribution is -0.121. The number of carbonyl (C=O) groups excluding carboxylic acids is 2. The standard InChI is InChI=1S/C23H28N2O3/c1-4-5-6-22(26)24-15-17-7-8-19-13-16(2)25(21(19)14-17)23(27)18-9-11-20(28-3)12-10-18/h7-12,14,16H,4-6,13,15H2,1-3H3,(H,24,26)/t16-/m0/s1. The van der Waals surface area contributed by atoms with Gasteiger partial charge in [0.05, 0.1) is 7.11 Å². The van der Waals surface area contributed by atoms with Crippen molar-refractivity contribution < 1.29 is 14.3 Å². The molecule has 0 saturated heterocycles. The third-order valence-electron chi connectivity index (χ3n) is 5.17. The van der Waals surface area contributed by atoms with Gasteiger partial charge in [0, 0.05) is 30.3 Å². The maximum absolute atomic E-state index is 13.1. The second-order valence-corrected chi connectivity index (χ2v) is 7.30. The van der Waals surface area contributed by atoms with Crippen molar-refractivity contribution in [2.75, 3.05) is 12.0 Å². The topological polar surface area (TPSA) is 58.6 Å². The van der Waals surface area contributed by atoms with E-state index in [1.54, 1.807) is 31.4 Å². The summed E-state index contributed by atoms with van der Waals surface area (Å²) in [5, 5.41) is 2.97. The monoisotopic (exact) mass is 380 g/mol. The highest BCUT2D eigenvalue weighted by atomic mass is 16.5. The minimum atomic E-state index is -0.0157. The highest BCUT2D eigenvalue weighted by Crippen LogP contribution is 2.34. The van der Waals surface area contributed by atoms with Gasteiger partial charge in [-0.3, -0.25) is 9.59 Å². The molecule has 3 rings (SSSR count). The summed E-state index contributed by atoms with van der Waals surface area (Å²) in [6.07, 6.45) is 3.30. The van der Waals surface area contributed by atoms with Crippen molar-refractivity contribution in [3.8, 4) is 5.75 Å². The third-order valence-corrected chi connectivity index (χ3v) is 5.17. The van der Waals surface area contributed by atoms with Gasteiger partial charge in [-0.1, -0.05) is 25.5 Å². The van der Waals surface area contributed by atoms with Gasteiger partial charge in [0.2, 0.25) is 5.91 Å². The zero-order chi connectivity index (χ0) is 20.1. The fourth-order valence-corrected chi connectivity index (χ4v) is 3.57. The first-order valence-electron chi connectivity index (χ1n) is 9.89. The lowest BCUT2D eigenvalue weighted by atomic mass is 10.1. The Morgan fingerprint density at radius 1 is 1.18 bits per heavy atom. The van der Waals surface area contributed by atoms with Crippen LogP contribution >= 0.6 is 0 Å². The van der Waals surface area contributed by atoms with E-state index in [2.05, 4.69) is 25.2 Å². The van der Waals surface area contributed by atoms with E-state index < -0.39 is 0 Å². The van der Waals surface area contributed by atoms with Crippen molar-refractivity contribution in [1.82, 2.24) is 5.32 Å². The van der Waals surface area contributed by atoms with Crippen LogP contribution in [0.15, 0.2) is 42.5 Å². The van der Waals surface area contributed by atoms with Crippen LogP contribution in [0.3, 0.4) is 0 Å². The van der Waals surface area contributed by atoms with Gasteiger partial charge < -0.3 is 15.0 Å². The molecular weight excluding hydrogens is 352 g/mol. The van der Waals surface area contributed by atoms with E-state index in [1.165, 1.54) is 0 Å². The molecule has 0 unspecified atom stereocenters. The van der Waals surface area contributed by atoms with Gasteiger partial charge in [0.25, 0.3) is 5.91 Å². The normalized spacial score (nSPS) is 15.2. The molecule has 1 aliphatic rings. The smallest absolute Gasteiger partial charge is 0.258 e. The Morgan fingerprint density at radius 2 is 1.93 bits per heavy atom. The quantitative estimate of drug-likeness (QED) is 0.787. The number of fused-ring (bicyclic) bond motifs is 1. The number of rotatable bonds is 7. The molecule has 2 aromatic rings. The molecule has 28 heavy (non-hydrogen) atoms. The zero-order valence-electron chi connectivity index (χ0n) is 16.8. The molecule has 5 heteroatoms. The van der Waals surface area contributed by atoms with Gasteiger partial charge in [-0.25, -0.2) is 0 Å². The van der Waals surface area contributed by atoms with E-state index in [-0.39, 0.29) is 17.9 Å². The summed E-state index contributed by atoms with van der Waals surface area (Å²) in [5.41, 5.74) is 3.74. The van der Waals surface area contributed by atoms with E-state index >= 15 is 0 Å². The Labute approximate surface area is 166 Å². The summed E-state index contributed by atoms with van der Waals surface area (Å²) in [7, 11) is 1.61. The Hall–Kier alpha value is -2.82. The SMILES string of the molecule is CCCCC(=O)NCc1ccc2c(c1)N(C(=O)c1ccc(OC)cc1)[C@@H](C)C2. The zero-order valence-corrected chi connectivity index (χ0v) is 16.8. The molecule has 1 heterocycles. The second-order valence-electron chi connectivity index (χ2n) is 7.30. The van der Waals surface area contributed by atoms with Gasteiger partial charge in [-0.15, -0.1) is 0 Å². The van der Waals surface area contributed by atoms with Crippen LogP contribution in [0.4, 0.5) is 5.69 Å². The fourth-order valence-electron chi connectivity index (χ4n) is 3.57. The van der Waals surface area contributed by atoms with Crippen molar-refractivity contribution >= 4 is 17.5 Å². The van der Waals surface area contributed by atoms with Crippen LogP contribution in [0.1, 0.15) is 54.6 Å². The molecule has 2 aromatic carbocycles. The number of amides is 2. The number of ether oxygens (including phenoxy) is 1. The number of benzene rings is 2. The molecule has 0 aliphatic carbocycles. The second kappa shape index (κ2) is 8.91. The molecule has 0 spiro atoms. The summed E-state index contributed by atoms with van der Waals surface area (Å²) in [5.74, 6) is 0.785. The molecule has 5 nitrogen and oxygen atoms in total. The summed E-state index contributed by atoms with van der Waals surface area (Å²) in [6.45, 7) is 4.62. The Balaban J connectivity index is 1.76. The van der Waals surface area contributed by atoms with E-state index in [4.69, 9.17) is 4.74 Å². The molecule has 148 valence electrons. The maximum atomic E-state index is 13.1. The highest BCUT2D eigenvalue weighted by Gasteiger charge is 2.31. The molecule has 0 radical (unpaired) electrons. The molecule has 1 atom stereocenters. The fraction of sp³-hybridized carbons (Fsp3) is 0.391. The summed E-state index contributed by atoms with van der Waals surface area (Å²) in [4.78, 5) is 26.9. The highest BCUT2D eigenvalue weighted by molar-refractivity contribution is 6.07. The third kappa shape index (κ3) is 4.35. The average Bonchev–Trinajstić information content (AvgIpc) is 3.05. The number of methoxy groups -OCH3 is 1. The molecular formula is C23H28N2O3. The van der Waals surface area contributed by atoms with E-state index in [1.807, 2.05) is 17.0 Å². The van der Waals surface area contributed by atoms with Gasteiger partial charge in [-0.2, -0.15) is 0 Å². The maximum Gasteiger partial charge on any atom is 0.258 e. The van der Waals surface area contributed by atoms with Crippen LogP contribution in [-0.4, -0.2) is 25.0 Å². The number of anilines is 1. The summed E-state index contributed by atoms with van der Waals surface area (Å²) in [6, 6.07) is 13.4. The minimum Gasteiger partial charge on any atom is -0.497 e. The van der Waals surface area contributed by atoms with Gasteiger partial charge >= 0.3 is 0 Å². The Morgan fingerprint density at radius 3 is 2.61 bits per heavy atom. The van der Waals surface area contributed by atoms with Crippen molar-refractivity contribution in [3.05, 3.63) is 59.2 Å². The Kier molecular flexibility index (Phi) is 6.34. The molecule has 1 aliphatic heterocycles. The first-order chi connectivity index (χ1) is 13.5. The summed E-state index contributed by atoms with van der Waals surface area (Å²) < 4.78 is 5.18. The van der Waals surface area contributed by atoms with E-state index in [0.29, 0.717) is 18.5 Å². The number of hydrogen-bond donors (Lipinski definition) is 1. The molecule has 1 N–H and O–H groups in total. The van der Waals surface area contributed by atoms with Crippen molar-refractivity contribution in [2.24, 2.45) is 0 Å². The number of unbranched alkanes of at least 4 members (excludes halogenated alkanes) is 1. The van der Waals surface area contributed by atoms with Gasteiger partial charge in [-0.05, 0) is 61.2 Å². The first-order valence-corrected chi connectivity index (χ1v) is 9.89. The predicted octanol–water partition coefficient (Wildman–Crippen LogP) is 4.09. The van der Waals surface area contributed by atoms with E-state index in [0.717, 1.165) is 41.8 Å². The van der Waals surface area contributed by atoms with Crippen LogP contribution in [0, 0.1) is 0 Å². The lowest BCUT2D eigenvalue weighted by Crippen LogP contribution is -2.35. The van der Waals surface area contributed by atoms with Crippen LogP contribution in [0.5, 0.6) is 5.75 Å². The Bertz CT molecular complexity index is 845. The van der Waals surface area contributed by atoms with Crippen LogP contribution in [0.2, 0.25) is 0 Å². The first kappa shape index (κ1) is 19.9. The number of nitrogens with zero attached hydrogens (tertiary/aromatic N) is 1. The summed E-state index contributed by atoms with van der Waals surface area (Å²) >= 11 is 0. The molecule has 2 amide bonds. The minimum absolute atomic E-state index is 0.0157. The molecule has 0 bridgehead atoms. The number of nitrogens with one attached hydrogen (secondary N) is 1. The van der Waals surface area contributed by atoms with Crippen LogP contribution < -0.4 is 15.0 Å².